The zero-order valence-electron chi connectivity index (χ0n) is 15.1. The van der Waals surface area contributed by atoms with Gasteiger partial charge in [-0.25, -0.2) is 0 Å². The van der Waals surface area contributed by atoms with Gasteiger partial charge in [0.25, 0.3) is 0 Å². The van der Waals surface area contributed by atoms with Gasteiger partial charge in [0.2, 0.25) is 0 Å². The maximum atomic E-state index is 6.14. The molecule has 2 aromatic carbocycles. The lowest BCUT2D eigenvalue weighted by atomic mass is 9.70. The van der Waals surface area contributed by atoms with Crippen LogP contribution in [0.2, 0.25) is 5.02 Å². The van der Waals surface area contributed by atoms with Crippen LogP contribution in [0.3, 0.4) is 0 Å². The molecular formula is C22H26ClN3. The van der Waals surface area contributed by atoms with Gasteiger partial charge in [0.1, 0.15) is 5.84 Å². The second-order valence-electron chi connectivity index (χ2n) is 7.49. The van der Waals surface area contributed by atoms with Crippen LogP contribution in [-0.2, 0) is 13.0 Å². The molecule has 3 nitrogen and oxygen atoms in total. The summed E-state index contributed by atoms with van der Waals surface area (Å²) in [7, 11) is 0. The Balaban J connectivity index is 1.67. The monoisotopic (exact) mass is 367 g/mol. The predicted octanol–water partition coefficient (Wildman–Crippen LogP) is 5.06. The summed E-state index contributed by atoms with van der Waals surface area (Å²) in [6, 6.07) is 16.7. The minimum Gasteiger partial charge on any atom is -0.343 e. The first-order valence-corrected chi connectivity index (χ1v) is 9.98. The van der Waals surface area contributed by atoms with Gasteiger partial charge in [-0.2, -0.15) is 0 Å². The number of amidine groups is 1. The number of fused-ring (bicyclic) bond motifs is 1. The third kappa shape index (κ3) is 3.79. The number of benzene rings is 2. The fourth-order valence-corrected chi connectivity index (χ4v) is 4.50. The van der Waals surface area contributed by atoms with Crippen LogP contribution in [0.4, 0.5) is 5.69 Å². The van der Waals surface area contributed by atoms with E-state index in [-0.39, 0.29) is 5.41 Å². The molecule has 136 valence electrons. The minimum absolute atomic E-state index is 0.134. The van der Waals surface area contributed by atoms with Crippen LogP contribution in [0.15, 0.2) is 53.5 Å². The highest BCUT2D eigenvalue weighted by atomic mass is 35.5. The molecule has 0 unspecified atom stereocenters. The van der Waals surface area contributed by atoms with Gasteiger partial charge in [0, 0.05) is 16.1 Å². The lowest BCUT2D eigenvalue weighted by Crippen LogP contribution is -2.44. The Morgan fingerprint density at radius 2 is 1.81 bits per heavy atom. The molecule has 0 atom stereocenters. The first-order valence-electron chi connectivity index (χ1n) is 9.60. The van der Waals surface area contributed by atoms with Crippen molar-refractivity contribution in [3.05, 3.63) is 64.7 Å². The van der Waals surface area contributed by atoms with Gasteiger partial charge in [-0.15, -0.1) is 0 Å². The summed E-state index contributed by atoms with van der Waals surface area (Å²) in [6.45, 7) is 2.88. The standard InChI is InChI=1S/C22H26ClN3/c23-19-8-3-6-17(14-19)16-25-21-22(10-4-12-24-13-5-11-22)15-18-7-1-2-9-20(18)26-21/h1-3,6-9,14,24H,4-5,10-13,15-16H2,(H,25,26). The normalized spacial score (nSPS) is 20.9. The van der Waals surface area contributed by atoms with E-state index in [9.17, 15) is 0 Å². The van der Waals surface area contributed by atoms with E-state index in [0.717, 1.165) is 35.9 Å². The third-order valence-corrected chi connectivity index (χ3v) is 5.86. The SMILES string of the molecule is Clc1cccc(CN=C2Nc3ccccc3CC23CCCNCCC3)c1. The van der Waals surface area contributed by atoms with Crippen molar-refractivity contribution in [3.63, 3.8) is 0 Å². The molecule has 4 rings (SSSR count). The molecule has 0 saturated carbocycles. The van der Waals surface area contributed by atoms with Crippen LogP contribution in [0.1, 0.15) is 36.8 Å². The molecule has 0 aliphatic carbocycles. The summed E-state index contributed by atoms with van der Waals surface area (Å²) in [5, 5.41) is 7.99. The van der Waals surface area contributed by atoms with Crippen LogP contribution in [0.5, 0.6) is 0 Å². The van der Waals surface area contributed by atoms with Crippen molar-refractivity contribution in [1.29, 1.82) is 0 Å². The molecule has 0 amide bonds. The molecule has 2 aliphatic heterocycles. The van der Waals surface area contributed by atoms with Crippen LogP contribution in [0, 0.1) is 5.41 Å². The van der Waals surface area contributed by atoms with Gasteiger partial charge in [0.05, 0.1) is 6.54 Å². The summed E-state index contributed by atoms with van der Waals surface area (Å²) in [4.78, 5) is 5.07. The Bertz CT molecular complexity index is 791. The first kappa shape index (κ1) is 17.6. The number of aliphatic imine (C=N–C) groups is 1. The number of anilines is 1. The van der Waals surface area contributed by atoms with Crippen molar-refractivity contribution in [2.24, 2.45) is 10.4 Å². The molecule has 0 bridgehead atoms. The largest absolute Gasteiger partial charge is 0.343 e. The molecule has 1 fully saturated rings. The Morgan fingerprint density at radius 3 is 2.62 bits per heavy atom. The molecule has 2 N–H and O–H groups in total. The van der Waals surface area contributed by atoms with E-state index >= 15 is 0 Å². The van der Waals surface area contributed by atoms with Crippen LogP contribution in [-0.4, -0.2) is 18.9 Å². The van der Waals surface area contributed by atoms with Gasteiger partial charge in [-0.05, 0) is 74.5 Å². The van der Waals surface area contributed by atoms with Crippen molar-refractivity contribution in [3.8, 4) is 0 Å². The van der Waals surface area contributed by atoms with E-state index < -0.39 is 0 Å². The number of nitrogens with one attached hydrogen (secondary N) is 2. The topological polar surface area (TPSA) is 36.4 Å². The van der Waals surface area contributed by atoms with Crippen molar-refractivity contribution < 1.29 is 0 Å². The summed E-state index contributed by atoms with van der Waals surface area (Å²) in [5.41, 5.74) is 3.92. The molecular weight excluding hydrogens is 342 g/mol. The molecule has 1 saturated heterocycles. The van der Waals surface area contributed by atoms with Crippen LogP contribution in [0.25, 0.3) is 0 Å². The Kier molecular flexibility index (Phi) is 5.28. The van der Waals surface area contributed by atoms with Gasteiger partial charge >= 0.3 is 0 Å². The molecule has 0 aromatic heterocycles. The zero-order chi connectivity index (χ0) is 17.8. The summed E-state index contributed by atoms with van der Waals surface area (Å²) in [5.74, 6) is 1.16. The summed E-state index contributed by atoms with van der Waals surface area (Å²) in [6.07, 6.45) is 5.83. The number of hydrogen-bond acceptors (Lipinski definition) is 2. The molecule has 2 aliphatic rings. The Hall–Kier alpha value is -1.84. The lowest BCUT2D eigenvalue weighted by molar-refractivity contribution is 0.306. The average Bonchev–Trinajstić information content (AvgIpc) is 2.63. The predicted molar refractivity (Wildman–Crippen MR) is 110 cm³/mol. The quantitative estimate of drug-likeness (QED) is 0.778. The molecule has 1 spiro atoms. The molecule has 2 heterocycles. The molecule has 2 aromatic rings. The molecule has 0 radical (unpaired) electrons. The lowest BCUT2D eigenvalue weighted by Gasteiger charge is -2.41. The number of rotatable bonds is 2. The summed E-state index contributed by atoms with van der Waals surface area (Å²) < 4.78 is 0. The van der Waals surface area contributed by atoms with Crippen molar-refractivity contribution in [1.82, 2.24) is 5.32 Å². The fraction of sp³-hybridized carbons (Fsp3) is 0.409. The van der Waals surface area contributed by atoms with E-state index in [2.05, 4.69) is 41.0 Å². The average molecular weight is 368 g/mol. The zero-order valence-corrected chi connectivity index (χ0v) is 15.9. The maximum absolute atomic E-state index is 6.14. The highest BCUT2D eigenvalue weighted by Gasteiger charge is 2.39. The van der Waals surface area contributed by atoms with Crippen molar-refractivity contribution >= 4 is 23.1 Å². The second-order valence-corrected chi connectivity index (χ2v) is 7.93. The fourth-order valence-electron chi connectivity index (χ4n) is 4.28. The highest BCUT2D eigenvalue weighted by molar-refractivity contribution is 6.30. The molecule has 26 heavy (non-hydrogen) atoms. The second kappa shape index (κ2) is 7.81. The van der Waals surface area contributed by atoms with Crippen molar-refractivity contribution in [2.75, 3.05) is 18.4 Å². The Labute approximate surface area is 160 Å². The minimum atomic E-state index is 0.134. The van der Waals surface area contributed by atoms with Crippen LogP contribution >= 0.6 is 11.6 Å². The number of nitrogens with zero attached hydrogens (tertiary/aromatic N) is 1. The maximum Gasteiger partial charge on any atom is 0.108 e. The molecule has 4 heteroatoms. The Morgan fingerprint density at radius 1 is 1.00 bits per heavy atom. The van der Waals surface area contributed by atoms with Gasteiger partial charge in [-0.1, -0.05) is 41.9 Å². The van der Waals surface area contributed by atoms with Gasteiger partial charge < -0.3 is 10.6 Å². The van der Waals surface area contributed by atoms with Gasteiger partial charge in [-0.3, -0.25) is 4.99 Å². The number of hydrogen-bond donors (Lipinski definition) is 2. The third-order valence-electron chi connectivity index (χ3n) is 5.63. The van der Waals surface area contributed by atoms with E-state index in [1.54, 1.807) is 0 Å². The summed E-state index contributed by atoms with van der Waals surface area (Å²) >= 11 is 6.14. The van der Waals surface area contributed by atoms with E-state index in [1.807, 2.05) is 18.2 Å². The van der Waals surface area contributed by atoms with Crippen molar-refractivity contribution in [2.45, 2.75) is 38.6 Å². The van der Waals surface area contributed by atoms with E-state index in [4.69, 9.17) is 16.6 Å². The van der Waals surface area contributed by atoms with Crippen LogP contribution < -0.4 is 10.6 Å². The van der Waals surface area contributed by atoms with E-state index in [0.29, 0.717) is 6.54 Å². The number of halogens is 1. The number of para-hydroxylation sites is 1. The highest BCUT2D eigenvalue weighted by Crippen LogP contribution is 2.42. The first-order chi connectivity index (χ1) is 12.8. The smallest absolute Gasteiger partial charge is 0.108 e. The van der Waals surface area contributed by atoms with Gasteiger partial charge in [0.15, 0.2) is 0 Å². The van der Waals surface area contributed by atoms with E-state index in [1.165, 1.54) is 36.9 Å².